The van der Waals surface area contributed by atoms with Gasteiger partial charge in [-0.2, -0.15) is 0 Å². The van der Waals surface area contributed by atoms with Crippen molar-refractivity contribution >= 4 is 21.6 Å². The SMILES string of the molecule is CCOC1CCN(c2ccc(Br)cc2C(C)NC)CC1. The first-order chi connectivity index (χ1) is 9.65. The Morgan fingerprint density at radius 3 is 2.70 bits per heavy atom. The lowest BCUT2D eigenvalue weighted by Gasteiger charge is -2.35. The Morgan fingerprint density at radius 1 is 1.40 bits per heavy atom. The maximum Gasteiger partial charge on any atom is 0.0608 e. The fraction of sp³-hybridized carbons (Fsp3) is 0.625. The summed E-state index contributed by atoms with van der Waals surface area (Å²) in [6.45, 7) is 7.27. The van der Waals surface area contributed by atoms with E-state index < -0.39 is 0 Å². The molecule has 1 atom stereocenters. The van der Waals surface area contributed by atoms with E-state index in [-0.39, 0.29) is 0 Å². The Kier molecular flexibility index (Phi) is 5.87. The molecule has 112 valence electrons. The number of anilines is 1. The minimum atomic E-state index is 0.354. The summed E-state index contributed by atoms with van der Waals surface area (Å²) in [4.78, 5) is 2.49. The van der Waals surface area contributed by atoms with E-state index in [1.165, 1.54) is 11.3 Å². The molecule has 20 heavy (non-hydrogen) atoms. The van der Waals surface area contributed by atoms with E-state index in [9.17, 15) is 0 Å². The van der Waals surface area contributed by atoms with Crippen molar-refractivity contribution in [3.63, 3.8) is 0 Å². The smallest absolute Gasteiger partial charge is 0.0608 e. The van der Waals surface area contributed by atoms with Gasteiger partial charge in [0.05, 0.1) is 6.10 Å². The van der Waals surface area contributed by atoms with Crippen molar-refractivity contribution in [2.75, 3.05) is 31.6 Å². The lowest BCUT2D eigenvalue weighted by atomic mass is 10.0. The summed E-state index contributed by atoms with van der Waals surface area (Å²) in [6, 6.07) is 6.95. The molecule has 0 aromatic heterocycles. The molecule has 1 aromatic carbocycles. The highest BCUT2D eigenvalue weighted by atomic mass is 79.9. The molecule has 0 amide bonds. The van der Waals surface area contributed by atoms with Crippen molar-refractivity contribution in [2.45, 2.75) is 38.8 Å². The highest BCUT2D eigenvalue weighted by Gasteiger charge is 2.22. The summed E-state index contributed by atoms with van der Waals surface area (Å²) < 4.78 is 6.88. The number of hydrogen-bond acceptors (Lipinski definition) is 3. The molecule has 1 unspecified atom stereocenters. The summed E-state index contributed by atoms with van der Waals surface area (Å²) >= 11 is 3.58. The molecule has 2 rings (SSSR count). The average molecular weight is 341 g/mol. The predicted molar refractivity (Wildman–Crippen MR) is 88.5 cm³/mol. The monoisotopic (exact) mass is 340 g/mol. The summed E-state index contributed by atoms with van der Waals surface area (Å²) in [5.74, 6) is 0. The van der Waals surface area contributed by atoms with Gasteiger partial charge in [-0.15, -0.1) is 0 Å². The third-order valence-electron chi connectivity index (χ3n) is 4.07. The third kappa shape index (κ3) is 3.74. The Bertz CT molecular complexity index is 430. The van der Waals surface area contributed by atoms with E-state index in [0.717, 1.165) is 37.0 Å². The minimum absolute atomic E-state index is 0.354. The van der Waals surface area contributed by atoms with E-state index in [0.29, 0.717) is 12.1 Å². The van der Waals surface area contributed by atoms with Crippen LogP contribution in [0.5, 0.6) is 0 Å². The molecule has 0 aliphatic carbocycles. The van der Waals surface area contributed by atoms with Crippen molar-refractivity contribution < 1.29 is 4.74 Å². The normalized spacial score (nSPS) is 18.3. The van der Waals surface area contributed by atoms with Crippen LogP contribution in [0.25, 0.3) is 0 Å². The molecule has 1 aromatic rings. The van der Waals surface area contributed by atoms with Gasteiger partial charge in [0.15, 0.2) is 0 Å². The fourth-order valence-electron chi connectivity index (χ4n) is 2.81. The molecule has 0 bridgehead atoms. The molecule has 3 nitrogen and oxygen atoms in total. The molecule has 4 heteroatoms. The van der Waals surface area contributed by atoms with Gasteiger partial charge in [-0.05, 0) is 57.5 Å². The molecule has 1 N–H and O–H groups in total. The van der Waals surface area contributed by atoms with Gasteiger partial charge in [0.25, 0.3) is 0 Å². The minimum Gasteiger partial charge on any atom is -0.378 e. The number of piperidine rings is 1. The molecule has 1 aliphatic rings. The lowest BCUT2D eigenvalue weighted by Crippen LogP contribution is -2.38. The first-order valence-electron chi connectivity index (χ1n) is 7.49. The van der Waals surface area contributed by atoms with Crippen molar-refractivity contribution in [3.8, 4) is 0 Å². The number of ether oxygens (including phenoxy) is 1. The highest BCUT2D eigenvalue weighted by molar-refractivity contribution is 9.10. The summed E-state index contributed by atoms with van der Waals surface area (Å²) in [6.07, 6.45) is 2.69. The number of nitrogens with one attached hydrogen (secondary N) is 1. The molecule has 1 saturated heterocycles. The molecule has 1 fully saturated rings. The Morgan fingerprint density at radius 2 is 2.10 bits per heavy atom. The van der Waals surface area contributed by atoms with Crippen LogP contribution >= 0.6 is 15.9 Å². The topological polar surface area (TPSA) is 24.5 Å². The van der Waals surface area contributed by atoms with Gasteiger partial charge in [0.2, 0.25) is 0 Å². The first kappa shape index (κ1) is 15.8. The summed E-state index contributed by atoms with van der Waals surface area (Å²) in [5.41, 5.74) is 2.71. The van der Waals surface area contributed by atoms with Gasteiger partial charge < -0.3 is 15.0 Å². The zero-order valence-corrected chi connectivity index (χ0v) is 14.2. The maximum atomic E-state index is 5.74. The van der Waals surface area contributed by atoms with Gasteiger partial charge in [-0.3, -0.25) is 0 Å². The maximum absolute atomic E-state index is 5.74. The second-order valence-corrected chi connectivity index (χ2v) is 6.27. The van der Waals surface area contributed by atoms with Crippen molar-refractivity contribution in [3.05, 3.63) is 28.2 Å². The van der Waals surface area contributed by atoms with Crippen LogP contribution in [0, 0.1) is 0 Å². The van der Waals surface area contributed by atoms with E-state index in [2.05, 4.69) is 58.2 Å². The molecular weight excluding hydrogens is 316 g/mol. The zero-order chi connectivity index (χ0) is 14.5. The van der Waals surface area contributed by atoms with Gasteiger partial charge in [-0.25, -0.2) is 0 Å². The summed E-state index contributed by atoms with van der Waals surface area (Å²) in [7, 11) is 2.01. The van der Waals surface area contributed by atoms with E-state index in [1.807, 2.05) is 7.05 Å². The van der Waals surface area contributed by atoms with Gasteiger partial charge in [-0.1, -0.05) is 15.9 Å². The van der Waals surface area contributed by atoms with E-state index in [4.69, 9.17) is 4.74 Å². The standard InChI is InChI=1S/C16H25BrN2O/c1-4-20-14-7-9-19(10-8-14)16-6-5-13(17)11-15(16)12(2)18-3/h5-6,11-12,14,18H,4,7-10H2,1-3H3. The van der Waals surface area contributed by atoms with Crippen LogP contribution in [0.15, 0.2) is 22.7 Å². The quantitative estimate of drug-likeness (QED) is 0.883. The Labute approximate surface area is 130 Å². The molecule has 0 radical (unpaired) electrons. The van der Waals surface area contributed by atoms with Crippen LogP contribution in [0.4, 0.5) is 5.69 Å². The number of halogens is 1. The molecule has 0 spiro atoms. The van der Waals surface area contributed by atoms with Crippen molar-refractivity contribution in [1.82, 2.24) is 5.32 Å². The number of nitrogens with zero attached hydrogens (tertiary/aromatic N) is 1. The van der Waals surface area contributed by atoms with Crippen LogP contribution in [-0.2, 0) is 4.74 Å². The van der Waals surface area contributed by atoms with Crippen LogP contribution < -0.4 is 10.2 Å². The molecule has 0 saturated carbocycles. The summed E-state index contributed by atoms with van der Waals surface area (Å²) in [5, 5.41) is 3.34. The second kappa shape index (κ2) is 7.43. The van der Waals surface area contributed by atoms with Crippen LogP contribution in [-0.4, -0.2) is 32.8 Å². The predicted octanol–water partition coefficient (Wildman–Crippen LogP) is 3.73. The zero-order valence-electron chi connectivity index (χ0n) is 12.7. The number of rotatable bonds is 5. The fourth-order valence-corrected chi connectivity index (χ4v) is 3.19. The third-order valence-corrected chi connectivity index (χ3v) is 4.57. The first-order valence-corrected chi connectivity index (χ1v) is 8.28. The van der Waals surface area contributed by atoms with E-state index in [1.54, 1.807) is 0 Å². The number of hydrogen-bond donors (Lipinski definition) is 1. The highest BCUT2D eigenvalue weighted by Crippen LogP contribution is 2.31. The van der Waals surface area contributed by atoms with Gasteiger partial charge >= 0.3 is 0 Å². The van der Waals surface area contributed by atoms with Crippen LogP contribution in [0.3, 0.4) is 0 Å². The second-order valence-electron chi connectivity index (χ2n) is 5.36. The van der Waals surface area contributed by atoms with Crippen LogP contribution in [0.2, 0.25) is 0 Å². The van der Waals surface area contributed by atoms with Crippen molar-refractivity contribution in [2.24, 2.45) is 0 Å². The largest absolute Gasteiger partial charge is 0.378 e. The van der Waals surface area contributed by atoms with Crippen LogP contribution in [0.1, 0.15) is 38.3 Å². The average Bonchev–Trinajstić information content (AvgIpc) is 2.47. The van der Waals surface area contributed by atoms with E-state index >= 15 is 0 Å². The van der Waals surface area contributed by atoms with Gasteiger partial charge in [0.1, 0.15) is 0 Å². The van der Waals surface area contributed by atoms with Crippen molar-refractivity contribution in [1.29, 1.82) is 0 Å². The molecule has 1 aliphatic heterocycles. The lowest BCUT2D eigenvalue weighted by molar-refractivity contribution is 0.0459. The van der Waals surface area contributed by atoms with Gasteiger partial charge in [0, 0.05) is 35.9 Å². The Balaban J connectivity index is 2.13. The molecular formula is C16H25BrN2O. The Hall–Kier alpha value is -0.580. The molecule has 1 heterocycles. The number of benzene rings is 1.